The number of sulfone groups is 1. The third kappa shape index (κ3) is 5.48. The molecule has 0 aliphatic carbocycles. The Balaban J connectivity index is 2.91. The largest absolute Gasteiger partial charge is 0.481 e. The number of carbonyl (C=O) groups is 2. The van der Waals surface area contributed by atoms with Crippen molar-refractivity contribution >= 4 is 27.4 Å². The first-order valence-corrected chi connectivity index (χ1v) is 8.62. The smallest absolute Gasteiger partial charge is 0.303 e. The Morgan fingerprint density at radius 3 is 2.32 bits per heavy atom. The molecule has 6 nitrogen and oxygen atoms in total. The number of hydrogen-bond donors (Lipinski definition) is 2. The molecule has 0 atom stereocenters. The highest BCUT2D eigenvalue weighted by molar-refractivity contribution is 7.90. The number of carbonyl (C=O) groups excluding carboxylic acids is 1. The van der Waals surface area contributed by atoms with Crippen LogP contribution < -0.4 is 5.32 Å². The van der Waals surface area contributed by atoms with Crippen LogP contribution >= 0.6 is 0 Å². The zero-order valence-electron chi connectivity index (χ0n) is 13.1. The molecule has 0 saturated carbocycles. The summed E-state index contributed by atoms with van der Waals surface area (Å²) in [7, 11) is -3.36. The van der Waals surface area contributed by atoms with Gasteiger partial charge in [-0.3, -0.25) is 9.59 Å². The molecule has 0 bridgehead atoms. The molecule has 0 spiro atoms. The van der Waals surface area contributed by atoms with Crippen LogP contribution in [0.2, 0.25) is 0 Å². The summed E-state index contributed by atoms with van der Waals surface area (Å²) in [6, 6.07) is 4.51. The topological polar surface area (TPSA) is 101 Å². The summed E-state index contributed by atoms with van der Waals surface area (Å²) < 4.78 is 23.1. The Morgan fingerprint density at radius 2 is 1.82 bits per heavy atom. The van der Waals surface area contributed by atoms with Gasteiger partial charge in [-0.1, -0.05) is 19.9 Å². The quantitative estimate of drug-likeness (QED) is 0.834. The molecule has 1 aromatic carbocycles. The first kappa shape index (κ1) is 18.2. The van der Waals surface area contributed by atoms with Crippen molar-refractivity contribution in [3.63, 3.8) is 0 Å². The fourth-order valence-corrected chi connectivity index (χ4v) is 2.71. The van der Waals surface area contributed by atoms with Gasteiger partial charge in [-0.15, -0.1) is 0 Å². The van der Waals surface area contributed by atoms with Crippen molar-refractivity contribution in [1.29, 1.82) is 0 Å². The lowest BCUT2D eigenvalue weighted by Crippen LogP contribution is -2.25. The van der Waals surface area contributed by atoms with Gasteiger partial charge in [0.1, 0.15) is 0 Å². The molecular weight excluding hydrogens is 306 g/mol. The maximum Gasteiger partial charge on any atom is 0.303 e. The SMILES string of the molecule is Cc1ccc(S(C)(=O)=O)cc1NC(=O)CC(C)(C)CC(=O)O. The molecular formula is C15H21NO5S. The number of carboxylic acids is 1. The molecule has 0 radical (unpaired) electrons. The van der Waals surface area contributed by atoms with E-state index in [0.717, 1.165) is 11.8 Å². The van der Waals surface area contributed by atoms with E-state index in [2.05, 4.69) is 5.32 Å². The molecule has 0 unspecified atom stereocenters. The predicted octanol–water partition coefficient (Wildman–Crippen LogP) is 2.23. The van der Waals surface area contributed by atoms with Crippen LogP contribution in [-0.4, -0.2) is 31.7 Å². The monoisotopic (exact) mass is 327 g/mol. The molecule has 22 heavy (non-hydrogen) atoms. The van der Waals surface area contributed by atoms with Crippen molar-refractivity contribution in [3.05, 3.63) is 23.8 Å². The third-order valence-electron chi connectivity index (χ3n) is 3.18. The second-order valence-corrected chi connectivity index (χ2v) is 8.22. The Bertz CT molecular complexity index is 692. The lowest BCUT2D eigenvalue weighted by Gasteiger charge is -2.21. The third-order valence-corrected chi connectivity index (χ3v) is 4.29. The van der Waals surface area contributed by atoms with Gasteiger partial charge in [0, 0.05) is 18.4 Å². The van der Waals surface area contributed by atoms with Gasteiger partial charge in [0.05, 0.1) is 11.3 Å². The van der Waals surface area contributed by atoms with E-state index in [1.807, 2.05) is 0 Å². The van der Waals surface area contributed by atoms with Crippen LogP contribution in [0.25, 0.3) is 0 Å². The van der Waals surface area contributed by atoms with Gasteiger partial charge < -0.3 is 10.4 Å². The standard InChI is InChI=1S/C15H21NO5S/c1-10-5-6-11(22(4,20)21)7-12(10)16-13(17)8-15(2,3)9-14(18)19/h5-7H,8-9H2,1-4H3,(H,16,17)(H,18,19). The zero-order valence-corrected chi connectivity index (χ0v) is 14.0. The van der Waals surface area contributed by atoms with Crippen LogP contribution in [0.5, 0.6) is 0 Å². The molecule has 0 aliphatic heterocycles. The number of rotatable bonds is 6. The molecule has 0 saturated heterocycles. The van der Waals surface area contributed by atoms with Crippen LogP contribution in [-0.2, 0) is 19.4 Å². The van der Waals surface area contributed by atoms with Crippen LogP contribution in [0.3, 0.4) is 0 Å². The number of benzene rings is 1. The average Bonchev–Trinajstić information content (AvgIpc) is 2.27. The predicted molar refractivity (Wildman–Crippen MR) is 83.6 cm³/mol. The number of anilines is 1. The molecule has 1 rings (SSSR count). The average molecular weight is 327 g/mol. The van der Waals surface area contributed by atoms with Crippen molar-refractivity contribution in [3.8, 4) is 0 Å². The summed E-state index contributed by atoms with van der Waals surface area (Å²) in [4.78, 5) is 23.0. The van der Waals surface area contributed by atoms with E-state index in [4.69, 9.17) is 5.11 Å². The Hall–Kier alpha value is -1.89. The summed E-state index contributed by atoms with van der Waals surface area (Å²) in [5, 5.41) is 11.5. The summed E-state index contributed by atoms with van der Waals surface area (Å²) >= 11 is 0. The Morgan fingerprint density at radius 1 is 1.23 bits per heavy atom. The van der Waals surface area contributed by atoms with Gasteiger partial charge in [-0.05, 0) is 30.0 Å². The van der Waals surface area contributed by atoms with Crippen molar-refractivity contribution in [2.75, 3.05) is 11.6 Å². The van der Waals surface area contributed by atoms with Crippen LogP contribution in [0, 0.1) is 12.3 Å². The van der Waals surface area contributed by atoms with E-state index in [9.17, 15) is 18.0 Å². The van der Waals surface area contributed by atoms with E-state index >= 15 is 0 Å². The normalized spacial score (nSPS) is 12.0. The summed E-state index contributed by atoms with van der Waals surface area (Å²) in [6.07, 6.45) is 1.00. The number of aryl methyl sites for hydroxylation is 1. The fourth-order valence-electron chi connectivity index (χ4n) is 2.07. The van der Waals surface area contributed by atoms with Crippen LogP contribution in [0.4, 0.5) is 5.69 Å². The number of carboxylic acid groups (broad SMARTS) is 1. The molecule has 0 fully saturated rings. The first-order valence-electron chi connectivity index (χ1n) is 6.73. The van der Waals surface area contributed by atoms with Crippen molar-refractivity contribution < 1.29 is 23.1 Å². The molecule has 1 aromatic rings. The van der Waals surface area contributed by atoms with Gasteiger partial charge in [-0.2, -0.15) is 0 Å². The van der Waals surface area contributed by atoms with E-state index < -0.39 is 21.2 Å². The fraction of sp³-hybridized carbons (Fsp3) is 0.467. The zero-order chi connectivity index (χ0) is 17.1. The molecule has 2 N–H and O–H groups in total. The van der Waals surface area contributed by atoms with Crippen molar-refractivity contribution in [1.82, 2.24) is 0 Å². The minimum absolute atomic E-state index is 0.0296. The highest BCUT2D eigenvalue weighted by Crippen LogP contribution is 2.26. The van der Waals surface area contributed by atoms with E-state index in [-0.39, 0.29) is 23.6 Å². The highest BCUT2D eigenvalue weighted by atomic mass is 32.2. The van der Waals surface area contributed by atoms with Gasteiger partial charge in [0.15, 0.2) is 9.84 Å². The van der Waals surface area contributed by atoms with Crippen molar-refractivity contribution in [2.24, 2.45) is 5.41 Å². The Labute approximate surface area is 130 Å². The van der Waals surface area contributed by atoms with Crippen LogP contribution in [0.1, 0.15) is 32.3 Å². The van der Waals surface area contributed by atoms with E-state index in [0.29, 0.717) is 5.69 Å². The second-order valence-electron chi connectivity index (χ2n) is 6.21. The van der Waals surface area contributed by atoms with Gasteiger partial charge in [0.25, 0.3) is 0 Å². The van der Waals surface area contributed by atoms with Crippen molar-refractivity contribution in [2.45, 2.75) is 38.5 Å². The van der Waals surface area contributed by atoms with Gasteiger partial charge >= 0.3 is 5.97 Å². The number of nitrogens with one attached hydrogen (secondary N) is 1. The maximum atomic E-state index is 12.1. The van der Waals surface area contributed by atoms with E-state index in [1.54, 1.807) is 26.8 Å². The van der Waals surface area contributed by atoms with Gasteiger partial charge in [-0.25, -0.2) is 8.42 Å². The molecule has 122 valence electrons. The maximum absolute atomic E-state index is 12.1. The minimum Gasteiger partial charge on any atom is -0.481 e. The summed E-state index contributed by atoms with van der Waals surface area (Å²) in [6.45, 7) is 5.14. The second kappa shape index (κ2) is 6.48. The Kier molecular flexibility index (Phi) is 5.35. The molecule has 0 heterocycles. The lowest BCUT2D eigenvalue weighted by atomic mass is 9.85. The number of hydrogen-bond acceptors (Lipinski definition) is 4. The molecule has 0 aliphatic rings. The van der Waals surface area contributed by atoms with Gasteiger partial charge in [0.2, 0.25) is 5.91 Å². The van der Waals surface area contributed by atoms with E-state index in [1.165, 1.54) is 12.1 Å². The molecule has 1 amide bonds. The number of aliphatic carboxylic acids is 1. The summed E-state index contributed by atoms with van der Waals surface area (Å²) in [5.41, 5.74) is 0.467. The summed E-state index contributed by atoms with van der Waals surface area (Å²) in [5.74, 6) is -1.31. The minimum atomic E-state index is -3.36. The first-order chi connectivity index (χ1) is 9.90. The number of amides is 1. The van der Waals surface area contributed by atoms with Crippen LogP contribution in [0.15, 0.2) is 23.1 Å². The molecule has 7 heteroatoms. The lowest BCUT2D eigenvalue weighted by molar-refractivity contribution is -0.139. The molecule has 0 aromatic heterocycles. The highest BCUT2D eigenvalue weighted by Gasteiger charge is 2.25.